The number of nitrogens with one attached hydrogen (secondary N) is 2. The van der Waals surface area contributed by atoms with Crippen LogP contribution in [0.25, 0.3) is 0 Å². The second kappa shape index (κ2) is 8.17. The topological polar surface area (TPSA) is 70.1 Å². The fraction of sp³-hybridized carbons (Fsp3) is 0.643. The van der Waals surface area contributed by atoms with E-state index >= 15 is 0 Å². The Morgan fingerprint density at radius 2 is 1.86 bits per heavy atom. The van der Waals surface area contributed by atoms with Gasteiger partial charge in [0.25, 0.3) is 0 Å². The molecule has 0 saturated carbocycles. The molecular formula is C14H22BrN5O. The van der Waals surface area contributed by atoms with E-state index in [-0.39, 0.29) is 5.91 Å². The smallest absolute Gasteiger partial charge is 0.224 e. The second-order valence-electron chi connectivity index (χ2n) is 5.08. The zero-order valence-corrected chi connectivity index (χ0v) is 13.9. The van der Waals surface area contributed by atoms with Gasteiger partial charge in [-0.05, 0) is 35.2 Å². The van der Waals surface area contributed by atoms with Gasteiger partial charge in [0, 0.05) is 32.6 Å². The molecule has 21 heavy (non-hydrogen) atoms. The highest BCUT2D eigenvalue weighted by atomic mass is 79.9. The van der Waals surface area contributed by atoms with Crippen molar-refractivity contribution in [2.24, 2.45) is 0 Å². The lowest BCUT2D eigenvalue weighted by Gasteiger charge is -2.16. The first-order chi connectivity index (χ1) is 10.2. The third-order valence-electron chi connectivity index (χ3n) is 3.42. The summed E-state index contributed by atoms with van der Waals surface area (Å²) in [4.78, 5) is 22.3. The summed E-state index contributed by atoms with van der Waals surface area (Å²) in [6.07, 6.45) is 5.30. The van der Waals surface area contributed by atoms with Gasteiger partial charge in [-0.1, -0.05) is 6.92 Å². The van der Waals surface area contributed by atoms with E-state index in [1.165, 1.54) is 6.33 Å². The van der Waals surface area contributed by atoms with E-state index in [2.05, 4.69) is 43.5 Å². The Kier molecular flexibility index (Phi) is 6.22. The molecule has 0 radical (unpaired) electrons. The molecule has 2 heterocycles. The van der Waals surface area contributed by atoms with Gasteiger partial charge in [-0.3, -0.25) is 4.79 Å². The van der Waals surface area contributed by atoms with Crippen LogP contribution in [0, 0.1) is 0 Å². The fourth-order valence-electron chi connectivity index (χ4n) is 2.27. The van der Waals surface area contributed by atoms with Crippen LogP contribution in [0.4, 0.5) is 11.6 Å². The zero-order valence-electron chi connectivity index (χ0n) is 12.4. The maximum atomic E-state index is 12.0. The molecule has 0 spiro atoms. The average molecular weight is 356 g/mol. The first-order valence-corrected chi connectivity index (χ1v) is 8.27. The Labute approximate surface area is 133 Å². The van der Waals surface area contributed by atoms with Crippen molar-refractivity contribution in [1.29, 1.82) is 0 Å². The van der Waals surface area contributed by atoms with Gasteiger partial charge in [0.15, 0.2) is 0 Å². The van der Waals surface area contributed by atoms with Crippen LogP contribution < -0.4 is 10.6 Å². The van der Waals surface area contributed by atoms with Crippen LogP contribution in [0.15, 0.2) is 10.8 Å². The largest absolute Gasteiger partial charge is 0.369 e. The van der Waals surface area contributed by atoms with Crippen LogP contribution in [0.5, 0.6) is 0 Å². The van der Waals surface area contributed by atoms with Crippen LogP contribution in [0.2, 0.25) is 0 Å². The molecule has 116 valence electrons. The van der Waals surface area contributed by atoms with Gasteiger partial charge >= 0.3 is 0 Å². The number of anilines is 2. The minimum atomic E-state index is 0.217. The summed E-state index contributed by atoms with van der Waals surface area (Å²) in [5, 5.41) is 6.43. The van der Waals surface area contributed by atoms with Gasteiger partial charge in [0.2, 0.25) is 5.91 Å². The van der Waals surface area contributed by atoms with Crippen molar-refractivity contribution in [2.75, 3.05) is 36.8 Å². The number of carbonyl (C=O) groups excluding carboxylic acids is 1. The van der Waals surface area contributed by atoms with Crippen molar-refractivity contribution < 1.29 is 4.79 Å². The van der Waals surface area contributed by atoms with Crippen LogP contribution in [0.3, 0.4) is 0 Å². The Balaban J connectivity index is 1.83. The normalized spacial score (nSPS) is 14.3. The highest BCUT2D eigenvalue weighted by Crippen LogP contribution is 2.26. The van der Waals surface area contributed by atoms with Crippen LogP contribution >= 0.6 is 15.9 Å². The van der Waals surface area contributed by atoms with E-state index in [0.29, 0.717) is 13.0 Å². The molecule has 0 atom stereocenters. The first kappa shape index (κ1) is 16.0. The predicted octanol–water partition coefficient (Wildman–Crippen LogP) is 2.49. The average Bonchev–Trinajstić information content (AvgIpc) is 3.02. The van der Waals surface area contributed by atoms with Gasteiger partial charge in [-0.25, -0.2) is 9.97 Å². The van der Waals surface area contributed by atoms with E-state index in [4.69, 9.17) is 0 Å². The van der Waals surface area contributed by atoms with E-state index < -0.39 is 0 Å². The third-order valence-corrected chi connectivity index (χ3v) is 4.17. The number of halogens is 1. The summed E-state index contributed by atoms with van der Waals surface area (Å²) < 4.78 is 0.812. The van der Waals surface area contributed by atoms with Crippen molar-refractivity contribution in [3.05, 3.63) is 10.8 Å². The number of rotatable bonds is 7. The lowest BCUT2D eigenvalue weighted by molar-refractivity contribution is -0.129. The van der Waals surface area contributed by atoms with Crippen molar-refractivity contribution in [3.63, 3.8) is 0 Å². The number of nitrogens with zero attached hydrogens (tertiary/aromatic N) is 3. The summed E-state index contributed by atoms with van der Waals surface area (Å²) >= 11 is 3.50. The summed E-state index contributed by atoms with van der Waals surface area (Å²) in [6.45, 7) is 5.36. The van der Waals surface area contributed by atoms with Crippen molar-refractivity contribution in [3.8, 4) is 0 Å². The number of likely N-dealkylation sites (tertiary alicyclic amines) is 1. The minimum Gasteiger partial charge on any atom is -0.369 e. The van der Waals surface area contributed by atoms with Crippen LogP contribution in [-0.2, 0) is 4.79 Å². The number of amides is 1. The molecular weight excluding hydrogens is 334 g/mol. The van der Waals surface area contributed by atoms with Gasteiger partial charge < -0.3 is 15.5 Å². The quantitative estimate of drug-likeness (QED) is 0.786. The first-order valence-electron chi connectivity index (χ1n) is 7.48. The molecule has 2 N–H and O–H groups in total. The summed E-state index contributed by atoms with van der Waals surface area (Å²) in [7, 11) is 0. The molecule has 1 fully saturated rings. The van der Waals surface area contributed by atoms with Gasteiger partial charge in [-0.2, -0.15) is 0 Å². The standard InChI is InChI=1S/C14H22BrN5O/c1-2-6-16-13-12(15)14(19-10-18-13)17-7-5-11(21)20-8-3-4-9-20/h10H,2-9H2,1H3,(H2,16,17,18,19). The van der Waals surface area contributed by atoms with E-state index in [1.54, 1.807) is 0 Å². The number of carbonyl (C=O) groups is 1. The van der Waals surface area contributed by atoms with Gasteiger partial charge in [0.1, 0.15) is 22.4 Å². The summed E-state index contributed by atoms with van der Waals surface area (Å²) in [5.41, 5.74) is 0. The molecule has 1 aromatic heterocycles. The molecule has 0 bridgehead atoms. The molecule has 7 heteroatoms. The Morgan fingerprint density at radius 3 is 2.48 bits per heavy atom. The second-order valence-corrected chi connectivity index (χ2v) is 5.87. The van der Waals surface area contributed by atoms with Crippen LogP contribution in [-0.4, -0.2) is 47.0 Å². The molecule has 0 aromatic carbocycles. The number of aromatic nitrogens is 2. The van der Waals surface area contributed by atoms with Crippen molar-refractivity contribution in [1.82, 2.24) is 14.9 Å². The Bertz CT molecular complexity index is 476. The van der Waals surface area contributed by atoms with E-state index in [1.807, 2.05) is 4.90 Å². The SMILES string of the molecule is CCCNc1ncnc(NCCC(=O)N2CCCC2)c1Br. The maximum absolute atomic E-state index is 12.0. The summed E-state index contributed by atoms with van der Waals surface area (Å²) in [5.74, 6) is 1.72. The number of hydrogen-bond acceptors (Lipinski definition) is 5. The van der Waals surface area contributed by atoms with Gasteiger partial charge in [-0.15, -0.1) is 0 Å². The maximum Gasteiger partial charge on any atom is 0.224 e. The molecule has 1 aromatic rings. The predicted molar refractivity (Wildman–Crippen MR) is 87.4 cm³/mol. The van der Waals surface area contributed by atoms with E-state index in [0.717, 1.165) is 55.0 Å². The number of hydrogen-bond donors (Lipinski definition) is 2. The Morgan fingerprint density at radius 1 is 1.24 bits per heavy atom. The molecule has 1 aliphatic rings. The summed E-state index contributed by atoms with van der Waals surface area (Å²) in [6, 6.07) is 0. The van der Waals surface area contributed by atoms with Crippen molar-refractivity contribution >= 4 is 33.5 Å². The molecule has 1 saturated heterocycles. The highest BCUT2D eigenvalue weighted by molar-refractivity contribution is 9.10. The van der Waals surface area contributed by atoms with E-state index in [9.17, 15) is 4.79 Å². The Hall–Kier alpha value is -1.37. The lowest BCUT2D eigenvalue weighted by Crippen LogP contribution is -2.29. The van der Waals surface area contributed by atoms with Crippen LogP contribution in [0.1, 0.15) is 32.6 Å². The fourth-order valence-corrected chi connectivity index (χ4v) is 2.76. The monoisotopic (exact) mass is 355 g/mol. The molecule has 0 aliphatic carbocycles. The third kappa shape index (κ3) is 4.56. The molecule has 2 rings (SSSR count). The molecule has 1 aliphatic heterocycles. The molecule has 6 nitrogen and oxygen atoms in total. The van der Waals surface area contributed by atoms with Gasteiger partial charge in [0.05, 0.1) is 0 Å². The van der Waals surface area contributed by atoms with Crippen molar-refractivity contribution in [2.45, 2.75) is 32.6 Å². The lowest BCUT2D eigenvalue weighted by atomic mass is 10.3. The minimum absolute atomic E-state index is 0.217. The highest BCUT2D eigenvalue weighted by Gasteiger charge is 2.17. The zero-order chi connectivity index (χ0) is 15.1. The molecule has 1 amide bonds. The molecule has 0 unspecified atom stereocenters.